The molecule has 0 radical (unpaired) electrons. The number of benzene rings is 2. The molecule has 0 spiro atoms. The van der Waals surface area contributed by atoms with Crippen LogP contribution in [0.3, 0.4) is 0 Å². The van der Waals surface area contributed by atoms with Gasteiger partial charge in [0.1, 0.15) is 5.82 Å². The first-order valence-electron chi connectivity index (χ1n) is 8.37. The van der Waals surface area contributed by atoms with Crippen molar-refractivity contribution in [2.45, 2.75) is 19.6 Å². The number of para-hydroxylation sites is 3. The van der Waals surface area contributed by atoms with E-state index in [1.807, 2.05) is 24.3 Å². The Balaban J connectivity index is 1.41. The highest BCUT2D eigenvalue weighted by molar-refractivity contribution is 5.87. The summed E-state index contributed by atoms with van der Waals surface area (Å²) in [6.45, 7) is 0.0737. The van der Waals surface area contributed by atoms with Crippen LogP contribution in [0.1, 0.15) is 12.2 Å². The van der Waals surface area contributed by atoms with Crippen molar-refractivity contribution in [1.82, 2.24) is 14.5 Å². The van der Waals surface area contributed by atoms with Crippen LogP contribution in [0, 0.1) is 0 Å². The molecule has 0 aliphatic heterocycles. The number of aromatic nitrogens is 3. The molecule has 2 N–H and O–H groups in total. The average Bonchev–Trinajstić information content (AvgIpc) is 3.00. The van der Waals surface area contributed by atoms with Gasteiger partial charge < -0.3 is 14.9 Å². The zero-order chi connectivity index (χ0) is 18.8. The fourth-order valence-corrected chi connectivity index (χ4v) is 2.86. The molecule has 8 nitrogen and oxygen atoms in total. The second-order valence-corrected chi connectivity index (χ2v) is 5.94. The van der Waals surface area contributed by atoms with Crippen molar-refractivity contribution < 1.29 is 13.9 Å². The van der Waals surface area contributed by atoms with Crippen LogP contribution in [0.2, 0.25) is 0 Å². The fraction of sp³-hybridized carbons (Fsp3) is 0.158. The molecule has 0 unspecified atom stereocenters. The number of hydrogen-bond acceptors (Lipinski definition) is 7. The van der Waals surface area contributed by atoms with Crippen molar-refractivity contribution in [1.29, 1.82) is 0 Å². The first-order chi connectivity index (χ1) is 13.1. The minimum absolute atomic E-state index is 0.0203. The minimum Gasteiger partial charge on any atom is -0.457 e. The molecule has 0 saturated heterocycles. The number of fused-ring (bicyclic) bond motifs is 2. The predicted octanol–water partition coefficient (Wildman–Crippen LogP) is 2.25. The Morgan fingerprint density at radius 1 is 1.11 bits per heavy atom. The molecule has 0 atom stereocenters. The molecule has 0 saturated carbocycles. The number of aryl methyl sites for hydroxylation is 1. The van der Waals surface area contributed by atoms with Gasteiger partial charge in [0.05, 0.1) is 17.5 Å². The number of hydrogen-bond donors (Lipinski definition) is 1. The van der Waals surface area contributed by atoms with Crippen LogP contribution in [0.15, 0.2) is 57.7 Å². The van der Waals surface area contributed by atoms with E-state index in [9.17, 15) is 9.59 Å². The summed E-state index contributed by atoms with van der Waals surface area (Å²) in [5, 5.41) is 0.749. The van der Waals surface area contributed by atoms with Gasteiger partial charge in [0.15, 0.2) is 18.0 Å². The quantitative estimate of drug-likeness (QED) is 0.540. The van der Waals surface area contributed by atoms with E-state index in [2.05, 4.69) is 9.97 Å². The van der Waals surface area contributed by atoms with Crippen LogP contribution in [-0.4, -0.2) is 20.5 Å². The Kier molecular flexibility index (Phi) is 4.29. The Morgan fingerprint density at radius 3 is 2.78 bits per heavy atom. The third-order valence-corrected chi connectivity index (χ3v) is 4.15. The lowest BCUT2D eigenvalue weighted by atomic mass is 10.2. The summed E-state index contributed by atoms with van der Waals surface area (Å²) in [4.78, 5) is 32.4. The van der Waals surface area contributed by atoms with Crippen LogP contribution in [0.4, 0.5) is 5.82 Å². The summed E-state index contributed by atoms with van der Waals surface area (Å²) in [5.74, 6) is -0.314. The van der Waals surface area contributed by atoms with Gasteiger partial charge in [0, 0.05) is 11.9 Å². The van der Waals surface area contributed by atoms with Gasteiger partial charge in [0.2, 0.25) is 0 Å². The van der Waals surface area contributed by atoms with Gasteiger partial charge in [-0.05, 0) is 24.3 Å². The smallest absolute Gasteiger partial charge is 0.419 e. The first-order valence-corrected chi connectivity index (χ1v) is 8.37. The van der Waals surface area contributed by atoms with Crippen molar-refractivity contribution in [3.63, 3.8) is 0 Å². The number of oxazole rings is 1. The van der Waals surface area contributed by atoms with Gasteiger partial charge in [-0.2, -0.15) is 0 Å². The van der Waals surface area contributed by atoms with E-state index in [1.165, 1.54) is 4.57 Å². The third kappa shape index (κ3) is 3.37. The topological polar surface area (TPSA) is 113 Å². The molecule has 2 aromatic carbocycles. The standard InChI is InChI=1S/C19H16N4O4/c20-18-12-5-1-2-6-13(12)21-16(22-18)11-26-17(24)9-10-23-14-7-3-4-8-15(14)27-19(23)25/h1-8H,9-11H2,(H2,20,21,22). The van der Waals surface area contributed by atoms with Crippen LogP contribution in [-0.2, 0) is 22.7 Å². The van der Waals surface area contributed by atoms with E-state index in [0.717, 1.165) is 5.39 Å². The van der Waals surface area contributed by atoms with Gasteiger partial charge in [-0.3, -0.25) is 9.36 Å². The molecule has 2 aromatic heterocycles. The summed E-state index contributed by atoms with van der Waals surface area (Å²) in [6, 6.07) is 14.4. The maximum absolute atomic E-state index is 12.1. The van der Waals surface area contributed by atoms with E-state index in [4.69, 9.17) is 14.9 Å². The Morgan fingerprint density at radius 2 is 1.89 bits per heavy atom. The van der Waals surface area contributed by atoms with Crippen LogP contribution >= 0.6 is 0 Å². The maximum atomic E-state index is 12.1. The monoisotopic (exact) mass is 364 g/mol. The largest absolute Gasteiger partial charge is 0.457 e. The molecule has 0 bridgehead atoms. The second kappa shape index (κ2) is 6.91. The molecule has 136 valence electrons. The maximum Gasteiger partial charge on any atom is 0.419 e. The molecule has 27 heavy (non-hydrogen) atoms. The SMILES string of the molecule is Nc1nc(COC(=O)CCn2c(=O)oc3ccccc32)nc2ccccc12. The molecule has 8 heteroatoms. The summed E-state index contributed by atoms with van der Waals surface area (Å²) in [5.41, 5.74) is 7.73. The lowest BCUT2D eigenvalue weighted by Gasteiger charge is -2.07. The number of esters is 1. The highest BCUT2D eigenvalue weighted by Gasteiger charge is 2.12. The van der Waals surface area contributed by atoms with Crippen molar-refractivity contribution in [2.24, 2.45) is 0 Å². The number of nitrogens with zero attached hydrogens (tertiary/aromatic N) is 3. The number of nitrogen functional groups attached to an aromatic ring is 1. The Labute approximate surface area is 153 Å². The molecule has 4 rings (SSSR count). The number of nitrogens with two attached hydrogens (primary N) is 1. The van der Waals surface area contributed by atoms with Crippen LogP contribution < -0.4 is 11.5 Å². The van der Waals surface area contributed by atoms with Gasteiger partial charge >= 0.3 is 11.7 Å². The van der Waals surface area contributed by atoms with Gasteiger partial charge in [-0.15, -0.1) is 0 Å². The zero-order valence-corrected chi connectivity index (χ0v) is 14.3. The summed E-state index contributed by atoms with van der Waals surface area (Å²) in [7, 11) is 0. The van der Waals surface area contributed by atoms with E-state index in [-0.39, 0.29) is 19.6 Å². The number of anilines is 1. The van der Waals surface area contributed by atoms with Gasteiger partial charge in [-0.1, -0.05) is 24.3 Å². The molecule has 4 aromatic rings. The van der Waals surface area contributed by atoms with Crippen molar-refractivity contribution >= 4 is 33.8 Å². The summed E-state index contributed by atoms with van der Waals surface area (Å²) >= 11 is 0. The summed E-state index contributed by atoms with van der Waals surface area (Å²) < 4.78 is 11.8. The first kappa shape index (κ1) is 16.8. The molecule has 0 fully saturated rings. The van der Waals surface area contributed by atoms with E-state index < -0.39 is 11.7 Å². The third-order valence-electron chi connectivity index (χ3n) is 4.15. The predicted molar refractivity (Wildman–Crippen MR) is 98.8 cm³/mol. The molecule has 2 heterocycles. The van der Waals surface area contributed by atoms with E-state index in [0.29, 0.717) is 28.3 Å². The minimum atomic E-state index is -0.505. The molecular weight excluding hydrogens is 348 g/mol. The summed E-state index contributed by atoms with van der Waals surface area (Å²) in [6.07, 6.45) is 0.0203. The highest BCUT2D eigenvalue weighted by Crippen LogP contribution is 2.17. The lowest BCUT2D eigenvalue weighted by Crippen LogP contribution is -2.17. The Bertz CT molecular complexity index is 1200. The van der Waals surface area contributed by atoms with E-state index in [1.54, 1.807) is 24.3 Å². The molecule has 0 aliphatic rings. The number of ether oxygens (including phenoxy) is 1. The number of carbonyl (C=O) groups is 1. The van der Waals surface area contributed by atoms with Crippen LogP contribution in [0.5, 0.6) is 0 Å². The number of rotatable bonds is 5. The zero-order valence-electron chi connectivity index (χ0n) is 14.3. The second-order valence-electron chi connectivity index (χ2n) is 5.94. The number of carbonyl (C=O) groups excluding carboxylic acids is 1. The van der Waals surface area contributed by atoms with Gasteiger partial charge in [0.25, 0.3) is 0 Å². The average molecular weight is 364 g/mol. The van der Waals surface area contributed by atoms with Crippen LogP contribution in [0.25, 0.3) is 22.0 Å². The molecule has 0 amide bonds. The van der Waals surface area contributed by atoms with Crippen molar-refractivity contribution in [2.75, 3.05) is 5.73 Å². The Hall–Kier alpha value is -3.68. The normalized spacial score (nSPS) is 11.1. The van der Waals surface area contributed by atoms with Gasteiger partial charge in [-0.25, -0.2) is 14.8 Å². The van der Waals surface area contributed by atoms with Crippen molar-refractivity contribution in [3.05, 3.63) is 64.9 Å². The lowest BCUT2D eigenvalue weighted by molar-refractivity contribution is -0.145. The molecular formula is C19H16N4O4. The highest BCUT2D eigenvalue weighted by atomic mass is 16.5. The molecule has 0 aliphatic carbocycles. The van der Waals surface area contributed by atoms with E-state index >= 15 is 0 Å². The van der Waals surface area contributed by atoms with Crippen molar-refractivity contribution in [3.8, 4) is 0 Å². The fourth-order valence-electron chi connectivity index (χ4n) is 2.86.